The van der Waals surface area contributed by atoms with E-state index >= 15 is 0 Å². The molecule has 0 spiro atoms. The molecular weight excluding hydrogens is 210 g/mol. The van der Waals surface area contributed by atoms with Gasteiger partial charge in [-0.25, -0.2) is 4.98 Å². The van der Waals surface area contributed by atoms with Crippen LogP contribution in [0.25, 0.3) is 0 Å². The fourth-order valence-corrected chi connectivity index (χ4v) is 2.21. The number of furan rings is 1. The number of carbonyl (C=O) groups is 1. The van der Waals surface area contributed by atoms with E-state index in [1.807, 2.05) is 13.8 Å². The first kappa shape index (κ1) is 10.1. The summed E-state index contributed by atoms with van der Waals surface area (Å²) in [5, 5.41) is 0.871. The minimum atomic E-state index is 0.0532. The topological polar surface area (TPSA) is 43.1 Å². The van der Waals surface area contributed by atoms with Crippen molar-refractivity contribution in [3.8, 4) is 0 Å². The van der Waals surface area contributed by atoms with Gasteiger partial charge in [0.1, 0.15) is 11.3 Å². The number of aryl methyl sites for hydroxylation is 2. The van der Waals surface area contributed by atoms with Gasteiger partial charge in [-0.2, -0.15) is 0 Å². The van der Waals surface area contributed by atoms with E-state index in [4.69, 9.17) is 4.42 Å². The first-order chi connectivity index (χ1) is 7.16. The summed E-state index contributed by atoms with van der Waals surface area (Å²) in [5.74, 6) is 0.0532. The largest absolute Gasteiger partial charge is 0.472 e. The van der Waals surface area contributed by atoms with Gasteiger partial charge in [0, 0.05) is 4.88 Å². The summed E-state index contributed by atoms with van der Waals surface area (Å²) in [6, 6.07) is 1.68. The summed E-state index contributed by atoms with van der Waals surface area (Å²) in [5.41, 5.74) is 1.62. The zero-order valence-electron chi connectivity index (χ0n) is 8.61. The number of Topliss-reactive ketones (excluding diaryl/α,β-unsaturated/α-hetero) is 1. The summed E-state index contributed by atoms with van der Waals surface area (Å²) >= 11 is 1.58. The quantitative estimate of drug-likeness (QED) is 0.748. The van der Waals surface area contributed by atoms with Crippen LogP contribution in [0.4, 0.5) is 0 Å². The normalized spacial score (nSPS) is 10.5. The molecule has 0 unspecified atom stereocenters. The molecule has 2 aromatic heterocycles. The van der Waals surface area contributed by atoms with Crippen molar-refractivity contribution in [3.05, 3.63) is 39.7 Å². The molecule has 78 valence electrons. The van der Waals surface area contributed by atoms with Gasteiger partial charge in [-0.15, -0.1) is 11.3 Å². The molecular formula is C11H11NO2S. The van der Waals surface area contributed by atoms with Crippen molar-refractivity contribution in [2.45, 2.75) is 20.3 Å². The number of aromatic nitrogens is 1. The summed E-state index contributed by atoms with van der Waals surface area (Å²) < 4.78 is 4.86. The monoisotopic (exact) mass is 221 g/mol. The highest BCUT2D eigenvalue weighted by Crippen LogP contribution is 2.18. The van der Waals surface area contributed by atoms with Gasteiger partial charge in [0.2, 0.25) is 0 Å². The number of rotatable bonds is 3. The Kier molecular flexibility index (Phi) is 2.68. The van der Waals surface area contributed by atoms with E-state index in [1.54, 1.807) is 17.4 Å². The molecule has 0 bridgehead atoms. The van der Waals surface area contributed by atoms with Gasteiger partial charge in [0.05, 0.1) is 23.9 Å². The predicted octanol–water partition coefficient (Wildman–Crippen LogP) is 2.78. The second-order valence-corrected chi connectivity index (χ2v) is 4.65. The summed E-state index contributed by atoms with van der Waals surface area (Å²) in [4.78, 5) is 17.2. The molecule has 0 saturated carbocycles. The predicted molar refractivity (Wildman–Crippen MR) is 58.3 cm³/mol. The number of thiazole rings is 1. The number of hydrogen-bond acceptors (Lipinski definition) is 4. The second kappa shape index (κ2) is 3.98. The van der Waals surface area contributed by atoms with Crippen LogP contribution in [0.5, 0.6) is 0 Å². The molecule has 3 nitrogen and oxygen atoms in total. The summed E-state index contributed by atoms with van der Waals surface area (Å²) in [6.07, 6.45) is 3.33. The molecule has 2 aromatic rings. The fraction of sp³-hybridized carbons (Fsp3) is 0.273. The van der Waals surface area contributed by atoms with Crippen LogP contribution in [0.1, 0.15) is 25.9 Å². The molecule has 0 amide bonds. The Bertz CT molecular complexity index is 451. The van der Waals surface area contributed by atoms with Gasteiger partial charge in [-0.3, -0.25) is 4.79 Å². The van der Waals surface area contributed by atoms with Crippen molar-refractivity contribution < 1.29 is 9.21 Å². The zero-order valence-corrected chi connectivity index (χ0v) is 9.43. The molecule has 0 aromatic carbocycles. The van der Waals surface area contributed by atoms with E-state index in [9.17, 15) is 4.79 Å². The highest BCUT2D eigenvalue weighted by molar-refractivity contribution is 7.11. The number of hydrogen-bond donors (Lipinski definition) is 0. The molecule has 0 saturated heterocycles. The van der Waals surface area contributed by atoms with Crippen LogP contribution in [0, 0.1) is 13.8 Å². The molecule has 0 N–H and O–H groups in total. The van der Waals surface area contributed by atoms with E-state index in [2.05, 4.69) is 4.98 Å². The number of nitrogens with zero attached hydrogens (tertiary/aromatic N) is 1. The van der Waals surface area contributed by atoms with E-state index in [-0.39, 0.29) is 5.78 Å². The molecule has 0 atom stereocenters. The lowest BCUT2D eigenvalue weighted by molar-refractivity contribution is 0.0992. The Morgan fingerprint density at radius 2 is 2.33 bits per heavy atom. The maximum Gasteiger partial charge on any atom is 0.172 e. The smallest absolute Gasteiger partial charge is 0.172 e. The van der Waals surface area contributed by atoms with E-state index in [0.29, 0.717) is 12.0 Å². The van der Waals surface area contributed by atoms with Crippen molar-refractivity contribution in [1.29, 1.82) is 0 Å². The van der Waals surface area contributed by atoms with Crippen LogP contribution >= 0.6 is 11.3 Å². The maximum atomic E-state index is 11.7. The minimum Gasteiger partial charge on any atom is -0.472 e. The van der Waals surface area contributed by atoms with Crippen LogP contribution < -0.4 is 0 Å². The molecule has 0 aliphatic rings. The third kappa shape index (κ3) is 2.15. The lowest BCUT2D eigenvalue weighted by atomic mass is 10.2. The minimum absolute atomic E-state index is 0.0532. The lowest BCUT2D eigenvalue weighted by Crippen LogP contribution is -2.01. The molecule has 15 heavy (non-hydrogen) atoms. The van der Waals surface area contributed by atoms with Gasteiger partial charge in [0.15, 0.2) is 5.78 Å². The molecule has 0 aliphatic carbocycles. The van der Waals surface area contributed by atoms with Crippen LogP contribution in [0.3, 0.4) is 0 Å². The SMILES string of the molecule is Cc1nc(CC(=O)c2ccoc2)sc1C. The molecule has 2 rings (SSSR count). The van der Waals surface area contributed by atoms with Crippen LogP contribution in [0.15, 0.2) is 23.0 Å². The van der Waals surface area contributed by atoms with Gasteiger partial charge in [-0.05, 0) is 19.9 Å². The maximum absolute atomic E-state index is 11.7. The van der Waals surface area contributed by atoms with Gasteiger partial charge < -0.3 is 4.42 Å². The highest BCUT2D eigenvalue weighted by Gasteiger charge is 2.11. The van der Waals surface area contributed by atoms with E-state index in [0.717, 1.165) is 10.7 Å². The third-order valence-corrected chi connectivity index (χ3v) is 3.30. The Hall–Kier alpha value is -1.42. The van der Waals surface area contributed by atoms with E-state index in [1.165, 1.54) is 17.4 Å². The van der Waals surface area contributed by atoms with Crippen molar-refractivity contribution in [3.63, 3.8) is 0 Å². The number of carbonyl (C=O) groups excluding carboxylic acids is 1. The lowest BCUT2D eigenvalue weighted by Gasteiger charge is -1.92. The standard InChI is InChI=1S/C11H11NO2S/c1-7-8(2)15-11(12-7)5-10(13)9-3-4-14-6-9/h3-4,6H,5H2,1-2H3. The Balaban J connectivity index is 2.13. The Morgan fingerprint density at radius 1 is 1.53 bits per heavy atom. The highest BCUT2D eigenvalue weighted by atomic mass is 32.1. The van der Waals surface area contributed by atoms with Gasteiger partial charge >= 0.3 is 0 Å². The molecule has 0 radical (unpaired) electrons. The van der Waals surface area contributed by atoms with Crippen LogP contribution in [-0.4, -0.2) is 10.8 Å². The summed E-state index contributed by atoms with van der Waals surface area (Å²) in [6.45, 7) is 3.97. The first-order valence-electron chi connectivity index (χ1n) is 4.65. The van der Waals surface area contributed by atoms with E-state index < -0.39 is 0 Å². The molecule has 0 fully saturated rings. The van der Waals surface area contributed by atoms with Crippen molar-refractivity contribution in [2.75, 3.05) is 0 Å². The summed E-state index contributed by atoms with van der Waals surface area (Å²) in [7, 11) is 0. The van der Waals surface area contributed by atoms with Gasteiger partial charge in [-0.1, -0.05) is 0 Å². The van der Waals surface area contributed by atoms with Crippen LogP contribution in [0.2, 0.25) is 0 Å². The zero-order chi connectivity index (χ0) is 10.8. The first-order valence-corrected chi connectivity index (χ1v) is 5.47. The number of ketones is 1. The second-order valence-electron chi connectivity index (χ2n) is 3.36. The van der Waals surface area contributed by atoms with Crippen molar-refractivity contribution in [2.24, 2.45) is 0 Å². The Labute approximate surface area is 91.8 Å². The average molecular weight is 221 g/mol. The molecule has 0 aliphatic heterocycles. The Morgan fingerprint density at radius 3 is 2.87 bits per heavy atom. The third-order valence-electron chi connectivity index (χ3n) is 2.23. The fourth-order valence-electron chi connectivity index (χ4n) is 1.28. The molecule has 4 heteroatoms. The van der Waals surface area contributed by atoms with Crippen LogP contribution in [-0.2, 0) is 6.42 Å². The van der Waals surface area contributed by atoms with Gasteiger partial charge in [0.25, 0.3) is 0 Å². The van der Waals surface area contributed by atoms with Crippen molar-refractivity contribution >= 4 is 17.1 Å². The average Bonchev–Trinajstić information content (AvgIpc) is 2.77. The van der Waals surface area contributed by atoms with Crippen molar-refractivity contribution in [1.82, 2.24) is 4.98 Å². The molecule has 2 heterocycles.